The zero-order chi connectivity index (χ0) is 19.3. The first kappa shape index (κ1) is 19.7. The second-order valence-electron chi connectivity index (χ2n) is 5.62. The number of methoxy groups -OCH3 is 1. The first-order valence-corrected chi connectivity index (χ1v) is 9.82. The number of rotatable bonds is 7. The highest BCUT2D eigenvalue weighted by molar-refractivity contribution is 7.90. The van der Waals surface area contributed by atoms with Crippen LogP contribution in [0.15, 0.2) is 53.4 Å². The summed E-state index contributed by atoms with van der Waals surface area (Å²) in [6.07, 6.45) is 1.08. The summed E-state index contributed by atoms with van der Waals surface area (Å²) in [6, 6.07) is 12.1. The third-order valence-electron chi connectivity index (χ3n) is 3.78. The summed E-state index contributed by atoms with van der Waals surface area (Å²) in [4.78, 5) is 25.4. The van der Waals surface area contributed by atoms with E-state index in [9.17, 15) is 18.0 Å². The maximum atomic E-state index is 12.9. The van der Waals surface area contributed by atoms with Crippen molar-refractivity contribution >= 4 is 21.6 Å². The second kappa shape index (κ2) is 8.14. The molecule has 1 unspecified atom stereocenters. The van der Waals surface area contributed by atoms with Crippen LogP contribution >= 0.6 is 0 Å². The zero-order valence-corrected chi connectivity index (χ0v) is 15.6. The van der Waals surface area contributed by atoms with E-state index in [1.54, 1.807) is 31.2 Å². The molecule has 0 amide bonds. The Morgan fingerprint density at radius 1 is 1.08 bits per heavy atom. The van der Waals surface area contributed by atoms with E-state index in [1.165, 1.54) is 31.4 Å². The standard InChI is InChI=1S/C19H20O6S/c1-4-25-19(21)17(14-6-5-7-15(12-14)24-2)18(20)13-8-10-16(11-9-13)26(3,22)23/h5-12,17H,4H2,1-3H3. The Bertz CT molecular complexity index is 900. The summed E-state index contributed by atoms with van der Waals surface area (Å²) in [6.45, 7) is 1.80. The van der Waals surface area contributed by atoms with Crippen molar-refractivity contribution in [2.75, 3.05) is 20.0 Å². The summed E-state index contributed by atoms with van der Waals surface area (Å²) in [5, 5.41) is 0. The van der Waals surface area contributed by atoms with Crippen LogP contribution in [-0.2, 0) is 19.4 Å². The van der Waals surface area contributed by atoms with Gasteiger partial charge in [-0.05, 0) is 36.8 Å². The number of ether oxygens (including phenoxy) is 2. The monoisotopic (exact) mass is 376 g/mol. The van der Waals surface area contributed by atoms with E-state index in [0.717, 1.165) is 6.26 Å². The lowest BCUT2D eigenvalue weighted by Crippen LogP contribution is -2.24. The highest BCUT2D eigenvalue weighted by Crippen LogP contribution is 2.26. The summed E-state index contributed by atoms with van der Waals surface area (Å²) < 4.78 is 33.3. The molecule has 138 valence electrons. The van der Waals surface area contributed by atoms with E-state index in [1.807, 2.05) is 0 Å². The van der Waals surface area contributed by atoms with Gasteiger partial charge < -0.3 is 9.47 Å². The highest BCUT2D eigenvalue weighted by Gasteiger charge is 2.31. The molecule has 6 nitrogen and oxygen atoms in total. The fourth-order valence-electron chi connectivity index (χ4n) is 2.47. The minimum atomic E-state index is -3.37. The highest BCUT2D eigenvalue weighted by atomic mass is 32.2. The van der Waals surface area contributed by atoms with Crippen molar-refractivity contribution in [3.8, 4) is 5.75 Å². The molecule has 0 heterocycles. The van der Waals surface area contributed by atoms with Gasteiger partial charge in [0.1, 0.15) is 11.7 Å². The Labute approximate surface area is 152 Å². The van der Waals surface area contributed by atoms with Gasteiger partial charge >= 0.3 is 5.97 Å². The van der Waals surface area contributed by atoms with E-state index in [0.29, 0.717) is 11.3 Å². The van der Waals surface area contributed by atoms with E-state index < -0.39 is 27.5 Å². The third-order valence-corrected chi connectivity index (χ3v) is 4.91. The predicted octanol–water partition coefficient (Wildman–Crippen LogP) is 2.63. The largest absolute Gasteiger partial charge is 0.497 e. The molecular formula is C19H20O6S. The Balaban J connectivity index is 2.44. The number of hydrogen-bond donors (Lipinski definition) is 0. The number of hydrogen-bond acceptors (Lipinski definition) is 6. The van der Waals surface area contributed by atoms with Crippen molar-refractivity contribution < 1.29 is 27.5 Å². The van der Waals surface area contributed by atoms with Crippen molar-refractivity contribution in [2.45, 2.75) is 17.7 Å². The Morgan fingerprint density at radius 3 is 2.27 bits per heavy atom. The summed E-state index contributed by atoms with van der Waals surface area (Å²) in [7, 11) is -1.88. The van der Waals surface area contributed by atoms with Gasteiger partial charge in [0.2, 0.25) is 0 Å². The van der Waals surface area contributed by atoms with Crippen LogP contribution in [0.25, 0.3) is 0 Å². The molecule has 2 aromatic rings. The average molecular weight is 376 g/mol. The molecule has 0 saturated carbocycles. The molecule has 0 radical (unpaired) electrons. The number of benzene rings is 2. The Kier molecular flexibility index (Phi) is 6.15. The van der Waals surface area contributed by atoms with Crippen molar-refractivity contribution in [1.29, 1.82) is 0 Å². The molecule has 0 spiro atoms. The lowest BCUT2D eigenvalue weighted by Gasteiger charge is -2.16. The molecule has 0 aromatic heterocycles. The van der Waals surface area contributed by atoms with Crippen LogP contribution in [-0.4, -0.2) is 40.1 Å². The van der Waals surface area contributed by atoms with Gasteiger partial charge in [0, 0.05) is 11.8 Å². The fourth-order valence-corrected chi connectivity index (χ4v) is 3.10. The van der Waals surface area contributed by atoms with Gasteiger partial charge in [-0.1, -0.05) is 24.3 Å². The maximum absolute atomic E-state index is 12.9. The minimum Gasteiger partial charge on any atom is -0.497 e. The van der Waals surface area contributed by atoms with Crippen molar-refractivity contribution in [3.05, 3.63) is 59.7 Å². The second-order valence-corrected chi connectivity index (χ2v) is 7.64. The maximum Gasteiger partial charge on any atom is 0.321 e. The van der Waals surface area contributed by atoms with E-state index in [2.05, 4.69) is 0 Å². The molecule has 26 heavy (non-hydrogen) atoms. The van der Waals surface area contributed by atoms with Crippen LogP contribution in [0.5, 0.6) is 5.75 Å². The van der Waals surface area contributed by atoms with Gasteiger partial charge in [0.25, 0.3) is 0 Å². The van der Waals surface area contributed by atoms with Gasteiger partial charge in [-0.2, -0.15) is 0 Å². The SMILES string of the molecule is CCOC(=O)C(C(=O)c1ccc(S(C)(=O)=O)cc1)c1cccc(OC)c1. The van der Waals surface area contributed by atoms with Gasteiger partial charge in [-0.3, -0.25) is 9.59 Å². The molecule has 2 aromatic carbocycles. The first-order valence-electron chi connectivity index (χ1n) is 7.92. The molecule has 0 aliphatic rings. The van der Waals surface area contributed by atoms with E-state index in [4.69, 9.17) is 9.47 Å². The molecule has 0 N–H and O–H groups in total. The number of carbonyl (C=O) groups excluding carboxylic acids is 2. The number of Topliss-reactive ketones (excluding diaryl/α,β-unsaturated/α-hetero) is 1. The molecule has 7 heteroatoms. The van der Waals surface area contributed by atoms with Crippen molar-refractivity contribution in [2.24, 2.45) is 0 Å². The zero-order valence-electron chi connectivity index (χ0n) is 14.8. The molecule has 0 aliphatic carbocycles. The predicted molar refractivity (Wildman–Crippen MR) is 96.3 cm³/mol. The van der Waals surface area contributed by atoms with E-state index in [-0.39, 0.29) is 17.1 Å². The smallest absolute Gasteiger partial charge is 0.321 e. The molecule has 1 atom stereocenters. The quantitative estimate of drug-likeness (QED) is 0.419. The average Bonchev–Trinajstić information content (AvgIpc) is 2.61. The van der Waals surface area contributed by atoms with Crippen molar-refractivity contribution in [1.82, 2.24) is 0 Å². The lowest BCUT2D eigenvalue weighted by atomic mass is 9.90. The number of ketones is 1. The number of esters is 1. The summed E-state index contributed by atoms with van der Waals surface area (Å²) >= 11 is 0. The van der Waals surface area contributed by atoms with Crippen molar-refractivity contribution in [3.63, 3.8) is 0 Å². The normalized spacial score (nSPS) is 12.3. The Hall–Kier alpha value is -2.67. The van der Waals surface area contributed by atoms with Crippen LogP contribution in [0.3, 0.4) is 0 Å². The molecular weight excluding hydrogens is 356 g/mol. The topological polar surface area (TPSA) is 86.7 Å². The van der Waals surface area contributed by atoms with Gasteiger partial charge in [-0.25, -0.2) is 8.42 Å². The van der Waals surface area contributed by atoms with Crippen LogP contribution < -0.4 is 4.74 Å². The fraction of sp³-hybridized carbons (Fsp3) is 0.263. The molecule has 0 fully saturated rings. The van der Waals surface area contributed by atoms with Crippen LogP contribution in [0.4, 0.5) is 0 Å². The Morgan fingerprint density at radius 2 is 1.73 bits per heavy atom. The summed E-state index contributed by atoms with van der Waals surface area (Å²) in [5.41, 5.74) is 0.665. The first-order chi connectivity index (χ1) is 12.3. The van der Waals surface area contributed by atoms with Gasteiger partial charge in [0.15, 0.2) is 15.6 Å². The van der Waals surface area contributed by atoms with Gasteiger partial charge in [0.05, 0.1) is 18.6 Å². The molecule has 0 bridgehead atoms. The van der Waals surface area contributed by atoms with Gasteiger partial charge in [-0.15, -0.1) is 0 Å². The van der Waals surface area contributed by atoms with Crippen LogP contribution in [0.2, 0.25) is 0 Å². The lowest BCUT2D eigenvalue weighted by molar-refractivity contribution is -0.143. The number of sulfone groups is 1. The third kappa shape index (κ3) is 4.49. The van der Waals surface area contributed by atoms with Crippen LogP contribution in [0.1, 0.15) is 28.8 Å². The minimum absolute atomic E-state index is 0.100. The molecule has 2 rings (SSSR count). The van der Waals surface area contributed by atoms with E-state index >= 15 is 0 Å². The summed E-state index contributed by atoms with van der Waals surface area (Å²) in [5.74, 6) is -1.79. The molecule has 0 saturated heterocycles. The molecule has 0 aliphatic heterocycles. The van der Waals surface area contributed by atoms with Crippen LogP contribution in [0, 0.1) is 0 Å². The number of carbonyl (C=O) groups is 2.